The molecule has 5 N–H and O–H groups in total. The molecular formula is C31H22N6Na2O8S. The van der Waals surface area contributed by atoms with E-state index in [0.717, 1.165) is 23.3 Å². The fraction of sp³-hybridized carbons (Fsp3) is 0. The number of rotatable bonds is 9. The molecule has 0 fully saturated rings. The largest absolute Gasteiger partial charge is 0.507 e. The molecule has 5 aromatic rings. The van der Waals surface area contributed by atoms with Crippen LogP contribution in [0.15, 0.2) is 139 Å². The maximum Gasteiger partial charge on any atom is 0.339 e. The van der Waals surface area contributed by atoms with E-state index in [1.165, 1.54) is 42.5 Å². The average molecular weight is 685 g/mol. The molecular weight excluding hydrogens is 662 g/mol. The third-order valence-electron chi connectivity index (χ3n) is 6.34. The van der Waals surface area contributed by atoms with Crippen LogP contribution in [0.25, 0.3) is 11.1 Å². The van der Waals surface area contributed by atoms with Gasteiger partial charge in [-0.1, -0.05) is 24.3 Å². The number of hydrogen-bond donors (Lipinski definition) is 5. The van der Waals surface area contributed by atoms with E-state index in [1.807, 2.05) is 24.3 Å². The normalized spacial score (nSPS) is 11.4. The molecule has 17 heteroatoms. The molecule has 0 atom stereocenters. The van der Waals surface area contributed by atoms with Gasteiger partial charge < -0.3 is 20.4 Å². The molecule has 0 saturated carbocycles. The van der Waals surface area contributed by atoms with Gasteiger partial charge in [-0.25, -0.2) is 4.79 Å². The van der Waals surface area contributed by atoms with Crippen LogP contribution in [0.2, 0.25) is 0 Å². The van der Waals surface area contributed by atoms with Gasteiger partial charge in [-0.05, 0) is 90.0 Å². The second kappa shape index (κ2) is 16.7. The topological polar surface area (TPSA) is 227 Å². The molecule has 0 saturated heterocycles. The summed E-state index contributed by atoms with van der Waals surface area (Å²) in [5.41, 5.74) is 2.67. The molecule has 0 aliphatic rings. The van der Waals surface area contributed by atoms with E-state index in [-0.39, 0.29) is 104 Å². The number of phenols is 3. The van der Waals surface area contributed by atoms with Crippen molar-refractivity contribution in [2.45, 2.75) is 4.90 Å². The summed E-state index contributed by atoms with van der Waals surface area (Å²) in [6, 6.07) is 25.5. The standard InChI is InChI=1S/C31H22N6O8S.2Na/c38-27-15-11-23(17-25(27)31(41)42)35-32-20-5-1-18(2-6-20)19-3-7-21(8-4-19)33-36-26-14-16-28(39)29(30(26)40)37-34-22-9-12-24(13-10-22)46(43,44)45;;/h1-17,38-40H,(H,41,42)(H,43,44,45);;. The van der Waals surface area contributed by atoms with Crippen LogP contribution in [0.5, 0.6) is 17.2 Å². The van der Waals surface area contributed by atoms with E-state index in [0.29, 0.717) is 11.4 Å². The molecule has 0 spiro atoms. The predicted octanol–water partition coefficient (Wildman–Crippen LogP) is 7.90. The summed E-state index contributed by atoms with van der Waals surface area (Å²) in [5.74, 6) is -2.49. The van der Waals surface area contributed by atoms with Crippen LogP contribution in [0, 0.1) is 0 Å². The number of nitrogens with zero attached hydrogens (tertiary/aromatic N) is 6. The van der Waals surface area contributed by atoms with E-state index < -0.39 is 21.8 Å². The Morgan fingerprint density at radius 2 is 0.979 bits per heavy atom. The summed E-state index contributed by atoms with van der Waals surface area (Å²) in [6.45, 7) is 0. The fourth-order valence-electron chi connectivity index (χ4n) is 3.96. The number of benzene rings is 5. The number of azo groups is 3. The fourth-order valence-corrected chi connectivity index (χ4v) is 4.44. The van der Waals surface area contributed by atoms with Crippen molar-refractivity contribution in [1.82, 2.24) is 0 Å². The molecule has 0 aliphatic carbocycles. The third kappa shape index (κ3) is 9.62. The summed E-state index contributed by atoms with van der Waals surface area (Å²) < 4.78 is 31.5. The van der Waals surface area contributed by atoms with Gasteiger partial charge in [-0.2, -0.15) is 28.9 Å². The van der Waals surface area contributed by atoms with Crippen molar-refractivity contribution in [3.05, 3.63) is 109 Å². The summed E-state index contributed by atoms with van der Waals surface area (Å²) in [6.07, 6.45) is 0. The first kappa shape index (κ1) is 38.1. The summed E-state index contributed by atoms with van der Waals surface area (Å²) in [5, 5.41) is 63.6. The van der Waals surface area contributed by atoms with Crippen molar-refractivity contribution in [2.75, 3.05) is 0 Å². The van der Waals surface area contributed by atoms with Gasteiger partial charge in [0.1, 0.15) is 22.7 Å². The number of hydrogen-bond acceptors (Lipinski definition) is 12. The van der Waals surface area contributed by atoms with Crippen molar-refractivity contribution in [2.24, 2.45) is 30.7 Å². The van der Waals surface area contributed by atoms with E-state index >= 15 is 0 Å². The average Bonchev–Trinajstić information content (AvgIpc) is 3.04. The Labute approximate surface area is 317 Å². The van der Waals surface area contributed by atoms with Gasteiger partial charge in [0.15, 0.2) is 11.4 Å². The zero-order chi connectivity index (χ0) is 32.8. The Morgan fingerprint density at radius 3 is 1.50 bits per heavy atom. The zero-order valence-electron chi connectivity index (χ0n) is 25.4. The molecule has 0 unspecified atom stereocenters. The molecule has 2 radical (unpaired) electrons. The van der Waals surface area contributed by atoms with E-state index in [1.54, 1.807) is 24.3 Å². The van der Waals surface area contributed by atoms with Gasteiger partial charge in [0, 0.05) is 59.1 Å². The van der Waals surface area contributed by atoms with Crippen LogP contribution in [0.4, 0.5) is 34.1 Å². The number of carbonyl (C=O) groups is 1. The Kier molecular flexibility index (Phi) is 13.2. The van der Waals surface area contributed by atoms with Crippen LogP contribution >= 0.6 is 0 Å². The second-order valence-electron chi connectivity index (χ2n) is 9.47. The Balaban J connectivity index is 0.00000312. The Bertz CT molecular complexity index is 2130. The molecule has 232 valence electrons. The van der Waals surface area contributed by atoms with Crippen molar-refractivity contribution >= 4 is 109 Å². The number of carboxylic acid groups (broad SMARTS) is 1. The number of aromatic carboxylic acids is 1. The van der Waals surface area contributed by atoms with Gasteiger partial charge in [0.05, 0.1) is 27.6 Å². The second-order valence-corrected chi connectivity index (χ2v) is 10.9. The zero-order valence-corrected chi connectivity index (χ0v) is 30.2. The van der Waals surface area contributed by atoms with E-state index in [9.17, 15) is 28.5 Å². The first-order chi connectivity index (χ1) is 22.0. The third-order valence-corrected chi connectivity index (χ3v) is 7.21. The molecule has 14 nitrogen and oxygen atoms in total. The van der Waals surface area contributed by atoms with Gasteiger partial charge in [0.25, 0.3) is 10.1 Å². The Morgan fingerprint density at radius 1 is 0.542 bits per heavy atom. The molecule has 0 amide bonds. The molecule has 0 aromatic heterocycles. The van der Waals surface area contributed by atoms with Gasteiger partial charge in [0.2, 0.25) is 0 Å². The minimum Gasteiger partial charge on any atom is -0.507 e. The van der Waals surface area contributed by atoms with Crippen molar-refractivity contribution in [3.8, 4) is 28.4 Å². The van der Waals surface area contributed by atoms with Crippen molar-refractivity contribution in [3.63, 3.8) is 0 Å². The van der Waals surface area contributed by atoms with Crippen LogP contribution in [-0.2, 0) is 10.1 Å². The molecule has 5 rings (SSSR count). The number of carboxylic acids is 1. The summed E-state index contributed by atoms with van der Waals surface area (Å²) in [7, 11) is -4.37. The SMILES string of the molecule is O=C(O)c1cc(N=Nc2ccc(-c3ccc(N=Nc4ccc(O)c(N=Nc5ccc(S(=O)(=O)O)cc5)c4O)cc3)cc2)ccc1O.[Na].[Na]. The van der Waals surface area contributed by atoms with E-state index in [4.69, 9.17) is 9.66 Å². The Hall–Kier alpha value is -4.32. The van der Waals surface area contributed by atoms with Crippen LogP contribution < -0.4 is 0 Å². The monoisotopic (exact) mass is 684 g/mol. The minimum atomic E-state index is -4.37. The number of aromatic hydroxyl groups is 3. The maximum absolute atomic E-state index is 11.2. The number of phenolic OH excluding ortho intramolecular Hbond substituents is 2. The van der Waals surface area contributed by atoms with Crippen molar-refractivity contribution in [1.29, 1.82) is 0 Å². The molecule has 48 heavy (non-hydrogen) atoms. The minimum absolute atomic E-state index is 0. The van der Waals surface area contributed by atoms with Gasteiger partial charge >= 0.3 is 5.97 Å². The molecule has 0 aliphatic heterocycles. The summed E-state index contributed by atoms with van der Waals surface area (Å²) in [4.78, 5) is 10.9. The smallest absolute Gasteiger partial charge is 0.339 e. The molecule has 0 heterocycles. The first-order valence-electron chi connectivity index (χ1n) is 13.1. The van der Waals surface area contributed by atoms with Gasteiger partial charge in [-0.3, -0.25) is 4.55 Å². The quantitative estimate of drug-likeness (QED) is 0.0581. The predicted molar refractivity (Wildman–Crippen MR) is 177 cm³/mol. The first-order valence-corrected chi connectivity index (χ1v) is 14.6. The van der Waals surface area contributed by atoms with Gasteiger partial charge in [-0.15, -0.1) is 10.2 Å². The van der Waals surface area contributed by atoms with Crippen LogP contribution in [0.3, 0.4) is 0 Å². The van der Waals surface area contributed by atoms with Crippen molar-refractivity contribution < 1.29 is 38.2 Å². The summed E-state index contributed by atoms with van der Waals surface area (Å²) >= 11 is 0. The maximum atomic E-state index is 11.2. The van der Waals surface area contributed by atoms with Crippen LogP contribution in [-0.4, -0.2) is 98.5 Å². The molecule has 5 aromatic carbocycles. The van der Waals surface area contributed by atoms with E-state index in [2.05, 4.69) is 30.7 Å². The molecule has 0 bridgehead atoms. The van der Waals surface area contributed by atoms with Crippen LogP contribution in [0.1, 0.15) is 10.4 Å².